The Morgan fingerprint density at radius 3 is 2.97 bits per heavy atom. The molecule has 2 amide bonds. The highest BCUT2D eigenvalue weighted by molar-refractivity contribution is 6.07. The standard InChI is InChI=1S/C22H23N7O2/c1-28-17-16(27-19(28)20(30)23-10-13-6-7-13)18(25-12-24-17)29-9-8-22(11-29)14-4-2-3-5-15(14)26-21(22)31/h2-5,12-13H,6-11H2,1H3,(H,23,30)(H,26,31). The smallest absolute Gasteiger partial charge is 0.287 e. The number of carbonyl (C=O) groups is 2. The zero-order valence-corrected chi connectivity index (χ0v) is 17.3. The van der Waals surface area contributed by atoms with Crippen LogP contribution in [0.4, 0.5) is 11.5 Å². The molecule has 1 unspecified atom stereocenters. The molecule has 31 heavy (non-hydrogen) atoms. The maximum Gasteiger partial charge on any atom is 0.287 e. The van der Waals surface area contributed by atoms with Crippen LogP contribution in [0.2, 0.25) is 0 Å². The lowest BCUT2D eigenvalue weighted by atomic mass is 9.81. The van der Waals surface area contributed by atoms with Crippen LogP contribution in [-0.2, 0) is 17.3 Å². The second-order valence-electron chi connectivity index (χ2n) is 8.77. The largest absolute Gasteiger partial charge is 0.353 e. The molecule has 3 aliphatic rings. The molecular formula is C22H23N7O2. The lowest BCUT2D eigenvalue weighted by Crippen LogP contribution is -2.37. The van der Waals surface area contributed by atoms with E-state index in [9.17, 15) is 9.59 Å². The first-order valence-corrected chi connectivity index (χ1v) is 10.7. The van der Waals surface area contributed by atoms with E-state index in [1.54, 1.807) is 11.6 Å². The molecule has 1 spiro atoms. The van der Waals surface area contributed by atoms with E-state index in [1.165, 1.54) is 19.2 Å². The van der Waals surface area contributed by atoms with E-state index in [-0.39, 0.29) is 11.8 Å². The number of carbonyl (C=O) groups excluding carboxylic acids is 2. The van der Waals surface area contributed by atoms with Crippen LogP contribution in [0.25, 0.3) is 11.2 Å². The number of fused-ring (bicyclic) bond motifs is 3. The fourth-order valence-corrected chi connectivity index (χ4v) is 4.83. The zero-order chi connectivity index (χ0) is 21.2. The number of nitrogens with zero attached hydrogens (tertiary/aromatic N) is 5. The van der Waals surface area contributed by atoms with Crippen molar-refractivity contribution in [3.8, 4) is 0 Å². The lowest BCUT2D eigenvalue weighted by Gasteiger charge is -2.23. The van der Waals surface area contributed by atoms with Crippen molar-refractivity contribution in [2.24, 2.45) is 13.0 Å². The van der Waals surface area contributed by atoms with Gasteiger partial charge in [0.2, 0.25) is 11.7 Å². The molecule has 2 aromatic heterocycles. The van der Waals surface area contributed by atoms with Gasteiger partial charge in [0.05, 0.1) is 5.41 Å². The van der Waals surface area contributed by atoms with Gasteiger partial charge in [-0.1, -0.05) is 18.2 Å². The van der Waals surface area contributed by atoms with Crippen LogP contribution in [0, 0.1) is 5.92 Å². The topological polar surface area (TPSA) is 105 Å². The Labute approximate surface area is 178 Å². The van der Waals surface area contributed by atoms with E-state index in [4.69, 9.17) is 0 Å². The fourth-order valence-electron chi connectivity index (χ4n) is 4.83. The highest BCUT2D eigenvalue weighted by atomic mass is 16.2. The summed E-state index contributed by atoms with van der Waals surface area (Å²) >= 11 is 0. The summed E-state index contributed by atoms with van der Waals surface area (Å²) in [5.41, 5.74) is 2.53. The first-order valence-electron chi connectivity index (χ1n) is 10.7. The maximum absolute atomic E-state index is 12.9. The Bertz CT molecular complexity index is 1230. The number of rotatable bonds is 4. The van der Waals surface area contributed by atoms with Gasteiger partial charge < -0.3 is 20.1 Å². The van der Waals surface area contributed by atoms with Gasteiger partial charge in [-0.3, -0.25) is 9.59 Å². The molecule has 1 aliphatic carbocycles. The summed E-state index contributed by atoms with van der Waals surface area (Å²) in [7, 11) is 1.80. The Hall–Kier alpha value is -3.49. The predicted molar refractivity (Wildman–Crippen MR) is 115 cm³/mol. The van der Waals surface area contributed by atoms with E-state index in [0.717, 1.165) is 11.3 Å². The van der Waals surface area contributed by atoms with Crippen molar-refractivity contribution >= 4 is 34.5 Å². The molecule has 0 bridgehead atoms. The van der Waals surface area contributed by atoms with Gasteiger partial charge in [-0.15, -0.1) is 0 Å². The van der Waals surface area contributed by atoms with Gasteiger partial charge in [0.15, 0.2) is 17.0 Å². The summed E-state index contributed by atoms with van der Waals surface area (Å²) in [5.74, 6) is 1.42. The van der Waals surface area contributed by atoms with E-state index >= 15 is 0 Å². The quantitative estimate of drug-likeness (QED) is 0.668. The zero-order valence-electron chi connectivity index (χ0n) is 17.3. The molecule has 3 aromatic rings. The van der Waals surface area contributed by atoms with E-state index < -0.39 is 5.41 Å². The van der Waals surface area contributed by atoms with Crippen LogP contribution >= 0.6 is 0 Å². The van der Waals surface area contributed by atoms with Crippen LogP contribution in [0.15, 0.2) is 30.6 Å². The first kappa shape index (κ1) is 18.3. The summed E-state index contributed by atoms with van der Waals surface area (Å²) in [6.45, 7) is 1.87. The Kier molecular flexibility index (Phi) is 3.84. The van der Waals surface area contributed by atoms with E-state index in [0.29, 0.717) is 54.8 Å². The highest BCUT2D eigenvalue weighted by Gasteiger charge is 2.51. The van der Waals surface area contributed by atoms with Gasteiger partial charge in [0, 0.05) is 32.4 Å². The maximum atomic E-state index is 12.9. The molecule has 1 aromatic carbocycles. The summed E-state index contributed by atoms with van der Waals surface area (Å²) in [6, 6.07) is 7.87. The Morgan fingerprint density at radius 2 is 2.13 bits per heavy atom. The number of anilines is 2. The number of hydrogen-bond donors (Lipinski definition) is 2. The number of para-hydroxylation sites is 1. The average Bonchev–Trinajstić information content (AvgIpc) is 3.31. The van der Waals surface area contributed by atoms with Gasteiger partial charge in [0.25, 0.3) is 5.91 Å². The third kappa shape index (κ3) is 2.72. The minimum absolute atomic E-state index is 0.0302. The van der Waals surface area contributed by atoms with E-state index in [2.05, 4.69) is 30.5 Å². The van der Waals surface area contributed by atoms with Crippen molar-refractivity contribution in [3.63, 3.8) is 0 Å². The van der Waals surface area contributed by atoms with Crippen molar-refractivity contribution in [2.45, 2.75) is 24.7 Å². The molecule has 2 aliphatic heterocycles. The molecule has 6 rings (SSSR count). The van der Waals surface area contributed by atoms with Crippen molar-refractivity contribution < 1.29 is 9.59 Å². The molecular weight excluding hydrogens is 394 g/mol. The second-order valence-corrected chi connectivity index (χ2v) is 8.77. The molecule has 1 saturated heterocycles. The highest BCUT2D eigenvalue weighted by Crippen LogP contribution is 2.45. The van der Waals surface area contributed by atoms with Crippen molar-refractivity contribution in [2.75, 3.05) is 29.9 Å². The minimum atomic E-state index is -0.590. The van der Waals surface area contributed by atoms with Crippen molar-refractivity contribution in [3.05, 3.63) is 42.0 Å². The number of imidazole rings is 1. The Morgan fingerprint density at radius 1 is 1.29 bits per heavy atom. The third-order valence-corrected chi connectivity index (χ3v) is 6.78. The van der Waals surface area contributed by atoms with Crippen LogP contribution in [0.1, 0.15) is 35.4 Å². The van der Waals surface area contributed by atoms with Gasteiger partial charge in [-0.25, -0.2) is 15.0 Å². The van der Waals surface area contributed by atoms with Crippen molar-refractivity contribution in [1.82, 2.24) is 24.8 Å². The number of hydrogen-bond acceptors (Lipinski definition) is 6. The minimum Gasteiger partial charge on any atom is -0.353 e. The molecule has 9 heteroatoms. The fraction of sp³-hybridized carbons (Fsp3) is 0.409. The van der Waals surface area contributed by atoms with Crippen LogP contribution in [0.5, 0.6) is 0 Å². The number of aromatic nitrogens is 4. The molecule has 0 radical (unpaired) electrons. The average molecular weight is 417 g/mol. The van der Waals surface area contributed by atoms with Crippen LogP contribution in [0.3, 0.4) is 0 Å². The monoisotopic (exact) mass is 417 g/mol. The lowest BCUT2D eigenvalue weighted by molar-refractivity contribution is -0.120. The molecule has 1 saturated carbocycles. The van der Waals surface area contributed by atoms with Gasteiger partial charge in [0.1, 0.15) is 6.33 Å². The normalized spacial score (nSPS) is 22.2. The summed E-state index contributed by atoms with van der Waals surface area (Å²) in [4.78, 5) is 41.2. The molecule has 4 heterocycles. The van der Waals surface area contributed by atoms with Crippen molar-refractivity contribution in [1.29, 1.82) is 0 Å². The van der Waals surface area contributed by atoms with Crippen LogP contribution < -0.4 is 15.5 Å². The summed E-state index contributed by atoms with van der Waals surface area (Å²) < 4.78 is 1.71. The molecule has 1 atom stereocenters. The predicted octanol–water partition coefficient (Wildman–Crippen LogP) is 1.60. The van der Waals surface area contributed by atoms with Gasteiger partial charge >= 0.3 is 0 Å². The van der Waals surface area contributed by atoms with Gasteiger partial charge in [-0.05, 0) is 36.8 Å². The van der Waals surface area contributed by atoms with Gasteiger partial charge in [-0.2, -0.15) is 0 Å². The molecule has 2 fully saturated rings. The number of amides is 2. The molecule has 9 nitrogen and oxygen atoms in total. The third-order valence-electron chi connectivity index (χ3n) is 6.78. The first-order chi connectivity index (χ1) is 15.1. The number of aryl methyl sites for hydroxylation is 1. The SMILES string of the molecule is Cn1c(C(=O)NCC2CC2)nc2c(N3CCC4(C3)C(=O)Nc3ccccc34)ncnc21. The Balaban J connectivity index is 1.34. The van der Waals surface area contributed by atoms with E-state index in [1.807, 2.05) is 24.3 Å². The molecule has 158 valence electrons. The summed E-state index contributed by atoms with van der Waals surface area (Å²) in [6.07, 6.45) is 4.54. The second kappa shape index (κ2) is 6.50. The van der Waals surface area contributed by atoms with Crippen LogP contribution in [-0.4, -0.2) is 51.0 Å². The molecule has 2 N–H and O–H groups in total. The number of nitrogens with one attached hydrogen (secondary N) is 2. The summed E-state index contributed by atoms with van der Waals surface area (Å²) in [5, 5.41) is 6.00. The number of benzene rings is 1.